The number of anilines is 1. The second kappa shape index (κ2) is 6.79. The van der Waals surface area contributed by atoms with Crippen LogP contribution in [0.5, 0.6) is 5.75 Å². The summed E-state index contributed by atoms with van der Waals surface area (Å²) in [7, 11) is 0. The summed E-state index contributed by atoms with van der Waals surface area (Å²) in [5, 5.41) is 2.90. The lowest BCUT2D eigenvalue weighted by Crippen LogP contribution is -2.23. The van der Waals surface area contributed by atoms with Crippen LogP contribution in [0.4, 0.5) is 5.69 Å². The number of nitrogen functional groups attached to an aromatic ring is 1. The third-order valence-corrected chi connectivity index (χ3v) is 3.35. The van der Waals surface area contributed by atoms with Gasteiger partial charge >= 0.3 is 0 Å². The molecule has 4 heteroatoms. The van der Waals surface area contributed by atoms with Crippen molar-refractivity contribution in [2.45, 2.75) is 20.4 Å². The standard InChI is InChI=1S/C17H20N2O2/c1-3-21-15-9-7-13(8-10-15)17(20)19-11-14-5-4-6-16(18)12(14)2/h4-10H,3,11,18H2,1-2H3,(H,19,20). The fourth-order valence-corrected chi connectivity index (χ4v) is 2.04. The molecule has 21 heavy (non-hydrogen) atoms. The van der Waals surface area contributed by atoms with E-state index in [0.717, 1.165) is 22.6 Å². The summed E-state index contributed by atoms with van der Waals surface area (Å²) >= 11 is 0. The van der Waals surface area contributed by atoms with E-state index in [1.165, 1.54) is 0 Å². The highest BCUT2D eigenvalue weighted by Crippen LogP contribution is 2.16. The molecular formula is C17H20N2O2. The maximum Gasteiger partial charge on any atom is 0.251 e. The van der Waals surface area contributed by atoms with Crippen molar-refractivity contribution in [3.8, 4) is 5.75 Å². The summed E-state index contributed by atoms with van der Waals surface area (Å²) in [6, 6.07) is 12.8. The average molecular weight is 284 g/mol. The van der Waals surface area contributed by atoms with Crippen molar-refractivity contribution in [1.29, 1.82) is 0 Å². The van der Waals surface area contributed by atoms with E-state index < -0.39 is 0 Å². The Morgan fingerprint density at radius 3 is 2.57 bits per heavy atom. The molecule has 0 saturated heterocycles. The van der Waals surface area contributed by atoms with Gasteiger partial charge in [-0.2, -0.15) is 0 Å². The van der Waals surface area contributed by atoms with Gasteiger partial charge in [0, 0.05) is 17.8 Å². The molecule has 0 aliphatic carbocycles. The zero-order valence-corrected chi connectivity index (χ0v) is 12.3. The molecule has 2 aromatic carbocycles. The quantitative estimate of drug-likeness (QED) is 0.830. The first kappa shape index (κ1) is 14.9. The molecule has 0 heterocycles. The van der Waals surface area contributed by atoms with Gasteiger partial charge in [-0.05, 0) is 55.3 Å². The normalized spacial score (nSPS) is 10.2. The number of nitrogens with two attached hydrogens (primary N) is 1. The van der Waals surface area contributed by atoms with Gasteiger partial charge in [-0.15, -0.1) is 0 Å². The van der Waals surface area contributed by atoms with Crippen LogP contribution in [0, 0.1) is 6.92 Å². The number of rotatable bonds is 5. The minimum absolute atomic E-state index is 0.111. The van der Waals surface area contributed by atoms with Crippen molar-refractivity contribution in [2.75, 3.05) is 12.3 Å². The van der Waals surface area contributed by atoms with Gasteiger partial charge in [-0.1, -0.05) is 12.1 Å². The van der Waals surface area contributed by atoms with E-state index in [2.05, 4.69) is 5.32 Å². The van der Waals surface area contributed by atoms with Crippen molar-refractivity contribution in [3.63, 3.8) is 0 Å². The molecule has 0 fully saturated rings. The Balaban J connectivity index is 1.99. The van der Waals surface area contributed by atoms with E-state index in [-0.39, 0.29) is 5.91 Å². The van der Waals surface area contributed by atoms with Crippen LogP contribution in [0.15, 0.2) is 42.5 Å². The summed E-state index contributed by atoms with van der Waals surface area (Å²) in [5.74, 6) is 0.653. The van der Waals surface area contributed by atoms with Crippen LogP contribution in [0.2, 0.25) is 0 Å². The topological polar surface area (TPSA) is 64.3 Å². The molecule has 0 aliphatic heterocycles. The predicted molar refractivity (Wildman–Crippen MR) is 84.4 cm³/mol. The molecule has 0 saturated carbocycles. The van der Waals surface area contributed by atoms with Gasteiger partial charge < -0.3 is 15.8 Å². The fourth-order valence-electron chi connectivity index (χ4n) is 2.04. The van der Waals surface area contributed by atoms with Crippen LogP contribution in [0.25, 0.3) is 0 Å². The van der Waals surface area contributed by atoms with E-state index in [0.29, 0.717) is 18.7 Å². The minimum atomic E-state index is -0.111. The Labute approximate surface area is 124 Å². The highest BCUT2D eigenvalue weighted by molar-refractivity contribution is 5.94. The minimum Gasteiger partial charge on any atom is -0.494 e. The molecule has 4 nitrogen and oxygen atoms in total. The first-order valence-corrected chi connectivity index (χ1v) is 6.97. The number of nitrogens with one attached hydrogen (secondary N) is 1. The van der Waals surface area contributed by atoms with Crippen LogP contribution in [0.1, 0.15) is 28.4 Å². The Bertz CT molecular complexity index is 621. The number of carbonyl (C=O) groups is 1. The van der Waals surface area contributed by atoms with E-state index in [9.17, 15) is 4.79 Å². The Morgan fingerprint density at radius 2 is 1.90 bits per heavy atom. The van der Waals surface area contributed by atoms with Crippen LogP contribution in [0.3, 0.4) is 0 Å². The first-order chi connectivity index (χ1) is 10.1. The lowest BCUT2D eigenvalue weighted by atomic mass is 10.1. The van der Waals surface area contributed by atoms with Gasteiger partial charge in [0.2, 0.25) is 0 Å². The lowest BCUT2D eigenvalue weighted by molar-refractivity contribution is 0.0951. The number of carbonyl (C=O) groups excluding carboxylic acids is 1. The fraction of sp³-hybridized carbons (Fsp3) is 0.235. The van der Waals surface area contributed by atoms with Crippen LogP contribution in [-0.2, 0) is 6.54 Å². The van der Waals surface area contributed by atoms with Gasteiger partial charge in [0.05, 0.1) is 6.61 Å². The van der Waals surface area contributed by atoms with Gasteiger partial charge in [-0.25, -0.2) is 0 Å². The SMILES string of the molecule is CCOc1ccc(C(=O)NCc2cccc(N)c2C)cc1. The van der Waals surface area contributed by atoms with E-state index in [1.54, 1.807) is 24.3 Å². The molecular weight excluding hydrogens is 264 g/mol. The lowest BCUT2D eigenvalue weighted by Gasteiger charge is -2.10. The monoisotopic (exact) mass is 284 g/mol. The molecule has 2 rings (SSSR count). The molecule has 110 valence electrons. The smallest absolute Gasteiger partial charge is 0.251 e. The molecule has 0 radical (unpaired) electrons. The molecule has 2 aromatic rings. The third kappa shape index (κ3) is 3.75. The van der Waals surface area contributed by atoms with Crippen LogP contribution >= 0.6 is 0 Å². The number of hydrogen-bond acceptors (Lipinski definition) is 3. The molecule has 0 spiro atoms. The van der Waals surface area contributed by atoms with E-state index in [4.69, 9.17) is 10.5 Å². The molecule has 0 aromatic heterocycles. The summed E-state index contributed by atoms with van der Waals surface area (Å²) < 4.78 is 5.35. The molecule has 0 atom stereocenters. The summed E-state index contributed by atoms with van der Waals surface area (Å²) in [6.07, 6.45) is 0. The summed E-state index contributed by atoms with van der Waals surface area (Å²) in [4.78, 5) is 12.1. The highest BCUT2D eigenvalue weighted by Gasteiger charge is 2.07. The van der Waals surface area contributed by atoms with Gasteiger partial charge in [0.15, 0.2) is 0 Å². The average Bonchev–Trinajstić information content (AvgIpc) is 2.49. The zero-order chi connectivity index (χ0) is 15.2. The maximum absolute atomic E-state index is 12.1. The maximum atomic E-state index is 12.1. The summed E-state index contributed by atoms with van der Waals surface area (Å²) in [5.41, 5.74) is 9.23. The largest absolute Gasteiger partial charge is 0.494 e. The van der Waals surface area contributed by atoms with Crippen molar-refractivity contribution >= 4 is 11.6 Å². The molecule has 1 amide bonds. The molecule has 0 bridgehead atoms. The predicted octanol–water partition coefficient (Wildman–Crippen LogP) is 2.91. The van der Waals surface area contributed by atoms with Gasteiger partial charge in [-0.3, -0.25) is 4.79 Å². The number of ether oxygens (including phenoxy) is 1. The second-order valence-electron chi connectivity index (χ2n) is 4.77. The van der Waals surface area contributed by atoms with Crippen LogP contribution in [-0.4, -0.2) is 12.5 Å². The third-order valence-electron chi connectivity index (χ3n) is 3.35. The first-order valence-electron chi connectivity index (χ1n) is 6.97. The van der Waals surface area contributed by atoms with Crippen LogP contribution < -0.4 is 15.8 Å². The number of amides is 1. The van der Waals surface area contributed by atoms with Crippen molar-refractivity contribution in [3.05, 3.63) is 59.2 Å². The Kier molecular flexibility index (Phi) is 4.82. The van der Waals surface area contributed by atoms with E-state index >= 15 is 0 Å². The van der Waals surface area contributed by atoms with E-state index in [1.807, 2.05) is 32.0 Å². The molecule has 0 aliphatic rings. The van der Waals surface area contributed by atoms with Gasteiger partial charge in [0.1, 0.15) is 5.75 Å². The highest BCUT2D eigenvalue weighted by atomic mass is 16.5. The van der Waals surface area contributed by atoms with Crippen molar-refractivity contribution in [1.82, 2.24) is 5.32 Å². The number of benzene rings is 2. The Hall–Kier alpha value is -2.49. The zero-order valence-electron chi connectivity index (χ0n) is 12.3. The van der Waals surface area contributed by atoms with Crippen molar-refractivity contribution in [2.24, 2.45) is 0 Å². The van der Waals surface area contributed by atoms with Gasteiger partial charge in [0.25, 0.3) is 5.91 Å². The Morgan fingerprint density at radius 1 is 1.19 bits per heavy atom. The number of hydrogen-bond donors (Lipinski definition) is 2. The summed E-state index contributed by atoms with van der Waals surface area (Å²) in [6.45, 7) is 4.95. The molecule has 0 unspecified atom stereocenters. The van der Waals surface area contributed by atoms with Crippen molar-refractivity contribution < 1.29 is 9.53 Å². The second-order valence-corrected chi connectivity index (χ2v) is 4.77. The molecule has 3 N–H and O–H groups in total.